The average molecular weight is 443 g/mol. The molecule has 2 N–H and O–H groups in total. The molecule has 0 spiro atoms. The Hall–Kier alpha value is -2.07. The van der Waals surface area contributed by atoms with Crippen molar-refractivity contribution < 1.29 is 14.0 Å². The molecule has 11 heteroatoms. The number of thioether (sulfide) groups is 1. The van der Waals surface area contributed by atoms with Gasteiger partial charge in [0, 0.05) is 5.02 Å². The number of carbonyl (C=O) groups excluding carboxylic acids is 2. The fourth-order valence-electron chi connectivity index (χ4n) is 1.93. The molecule has 3 rings (SSSR count). The van der Waals surface area contributed by atoms with Crippen LogP contribution in [0.3, 0.4) is 0 Å². The fourth-order valence-corrected chi connectivity index (χ4v) is 3.88. The fraction of sp³-hybridized carbons (Fsp3) is 0.125. The number of nitrogens with one attached hydrogen (secondary N) is 2. The van der Waals surface area contributed by atoms with Gasteiger partial charge < -0.3 is 9.73 Å². The first-order valence-corrected chi connectivity index (χ1v) is 10.1. The molecule has 140 valence electrons. The minimum atomic E-state index is -0.439. The number of anilines is 1. The molecule has 27 heavy (non-hydrogen) atoms. The Morgan fingerprint density at radius 1 is 1.22 bits per heavy atom. The van der Waals surface area contributed by atoms with Crippen LogP contribution in [-0.4, -0.2) is 27.8 Å². The summed E-state index contributed by atoms with van der Waals surface area (Å²) in [5.74, 6) is 0.242. The van der Waals surface area contributed by atoms with E-state index in [1.54, 1.807) is 30.5 Å². The molecule has 0 bridgehead atoms. The van der Waals surface area contributed by atoms with Crippen molar-refractivity contribution in [1.29, 1.82) is 0 Å². The van der Waals surface area contributed by atoms with Crippen molar-refractivity contribution in [2.24, 2.45) is 0 Å². The summed E-state index contributed by atoms with van der Waals surface area (Å²) in [6.07, 6.45) is 1.55. The first-order valence-electron chi connectivity index (χ1n) is 7.53. The van der Waals surface area contributed by atoms with Gasteiger partial charge in [-0.15, -0.1) is 10.2 Å². The van der Waals surface area contributed by atoms with Crippen LogP contribution >= 0.6 is 46.3 Å². The zero-order valence-electron chi connectivity index (χ0n) is 13.6. The normalized spacial score (nSPS) is 10.6. The van der Waals surface area contributed by atoms with E-state index in [9.17, 15) is 9.59 Å². The van der Waals surface area contributed by atoms with E-state index in [2.05, 4.69) is 20.8 Å². The lowest BCUT2D eigenvalue weighted by Crippen LogP contribution is -2.24. The predicted octanol–water partition coefficient (Wildman–Crippen LogP) is 4.10. The van der Waals surface area contributed by atoms with E-state index in [4.69, 9.17) is 27.6 Å². The summed E-state index contributed by atoms with van der Waals surface area (Å²) in [5, 5.41) is 14.2. The van der Waals surface area contributed by atoms with Crippen LogP contribution in [0.15, 0.2) is 45.4 Å². The van der Waals surface area contributed by atoms with Crippen molar-refractivity contribution in [3.63, 3.8) is 0 Å². The molecule has 0 aliphatic carbocycles. The molecule has 0 saturated heterocycles. The first kappa shape index (κ1) is 19.7. The minimum absolute atomic E-state index is 0.164. The summed E-state index contributed by atoms with van der Waals surface area (Å²) in [4.78, 5) is 24.1. The third-order valence-electron chi connectivity index (χ3n) is 3.17. The van der Waals surface area contributed by atoms with Gasteiger partial charge in [-0.05, 0) is 30.3 Å². The molecule has 2 amide bonds. The van der Waals surface area contributed by atoms with Crippen LogP contribution in [0.25, 0.3) is 0 Å². The highest BCUT2D eigenvalue weighted by atomic mass is 35.5. The molecule has 0 aliphatic rings. The molecule has 7 nitrogen and oxygen atoms in total. The zero-order chi connectivity index (χ0) is 19.2. The molecule has 2 heterocycles. The van der Waals surface area contributed by atoms with E-state index >= 15 is 0 Å². The van der Waals surface area contributed by atoms with Gasteiger partial charge in [0.1, 0.15) is 5.76 Å². The maximum atomic E-state index is 12.3. The Labute approximate surface area is 172 Å². The van der Waals surface area contributed by atoms with Gasteiger partial charge in [-0.2, -0.15) is 0 Å². The summed E-state index contributed by atoms with van der Waals surface area (Å²) in [6, 6.07) is 8.14. The lowest BCUT2D eigenvalue weighted by molar-refractivity contribution is -0.118. The number of furan rings is 1. The monoisotopic (exact) mass is 442 g/mol. The molecule has 0 fully saturated rings. The van der Waals surface area contributed by atoms with Crippen LogP contribution in [-0.2, 0) is 11.3 Å². The molecular formula is C16H12Cl2N4O3S2. The van der Waals surface area contributed by atoms with Crippen LogP contribution in [0.2, 0.25) is 10.0 Å². The van der Waals surface area contributed by atoms with Crippen molar-refractivity contribution in [3.8, 4) is 0 Å². The van der Waals surface area contributed by atoms with E-state index in [0.717, 1.165) is 11.3 Å². The summed E-state index contributed by atoms with van der Waals surface area (Å²) < 4.78 is 5.69. The van der Waals surface area contributed by atoms with Crippen molar-refractivity contribution >= 4 is 63.2 Å². The summed E-state index contributed by atoms with van der Waals surface area (Å²) in [5.41, 5.74) is 0.242. The van der Waals surface area contributed by atoms with Crippen molar-refractivity contribution in [2.45, 2.75) is 10.9 Å². The van der Waals surface area contributed by atoms with Crippen LogP contribution in [0.5, 0.6) is 0 Å². The van der Waals surface area contributed by atoms with Gasteiger partial charge >= 0.3 is 0 Å². The Balaban J connectivity index is 1.50. The summed E-state index contributed by atoms with van der Waals surface area (Å²) in [6.45, 7) is 0.324. The second-order valence-electron chi connectivity index (χ2n) is 5.10. The molecule has 0 saturated carbocycles. The lowest BCUT2D eigenvalue weighted by atomic mass is 10.2. The number of amides is 2. The number of hydrogen-bond donors (Lipinski definition) is 2. The number of rotatable bonds is 7. The number of halogens is 2. The smallest absolute Gasteiger partial charge is 0.259 e. The highest BCUT2D eigenvalue weighted by Gasteiger charge is 2.15. The molecule has 3 aromatic rings. The number of carbonyl (C=O) groups is 2. The SMILES string of the molecule is O=C(CSc1nnc(NC(=O)c2cc(Cl)ccc2Cl)s1)NCc1ccco1. The predicted molar refractivity (Wildman–Crippen MR) is 106 cm³/mol. The number of aromatic nitrogens is 2. The number of benzene rings is 1. The Morgan fingerprint density at radius 2 is 2.07 bits per heavy atom. The van der Waals surface area contributed by atoms with Crippen molar-refractivity contribution in [2.75, 3.05) is 11.1 Å². The molecule has 1 aromatic carbocycles. The summed E-state index contributed by atoms with van der Waals surface area (Å²) >= 11 is 14.3. The topological polar surface area (TPSA) is 97.1 Å². The van der Waals surface area contributed by atoms with Gasteiger partial charge in [-0.1, -0.05) is 46.3 Å². The van der Waals surface area contributed by atoms with Gasteiger partial charge in [0.15, 0.2) is 4.34 Å². The highest BCUT2D eigenvalue weighted by Crippen LogP contribution is 2.27. The molecular weight excluding hydrogens is 431 g/mol. The van der Waals surface area contributed by atoms with E-state index in [-0.39, 0.29) is 22.2 Å². The Morgan fingerprint density at radius 3 is 2.85 bits per heavy atom. The second kappa shape index (κ2) is 9.23. The van der Waals surface area contributed by atoms with Crippen LogP contribution < -0.4 is 10.6 Å². The van der Waals surface area contributed by atoms with Crippen molar-refractivity contribution in [1.82, 2.24) is 15.5 Å². The standard InChI is InChI=1S/C16H12Cl2N4O3S2/c17-9-3-4-12(18)11(6-9)14(24)20-15-21-22-16(27-15)26-8-13(23)19-7-10-2-1-5-25-10/h1-6H,7-8H2,(H,19,23)(H,20,21,24). The van der Waals surface area contributed by atoms with E-state index in [1.807, 2.05) is 0 Å². The third-order valence-corrected chi connectivity index (χ3v) is 5.70. The number of nitrogens with zero attached hydrogens (tertiary/aromatic N) is 2. The zero-order valence-corrected chi connectivity index (χ0v) is 16.7. The van der Waals surface area contributed by atoms with E-state index in [1.165, 1.54) is 17.8 Å². The van der Waals surface area contributed by atoms with Gasteiger partial charge in [0.05, 0.1) is 29.1 Å². The maximum Gasteiger partial charge on any atom is 0.259 e. The van der Waals surface area contributed by atoms with Gasteiger partial charge in [0.25, 0.3) is 5.91 Å². The van der Waals surface area contributed by atoms with Gasteiger partial charge in [-0.25, -0.2) is 0 Å². The maximum absolute atomic E-state index is 12.3. The average Bonchev–Trinajstić information content (AvgIpc) is 3.32. The highest BCUT2D eigenvalue weighted by molar-refractivity contribution is 8.01. The largest absolute Gasteiger partial charge is 0.467 e. The molecule has 0 unspecified atom stereocenters. The van der Waals surface area contributed by atoms with E-state index in [0.29, 0.717) is 26.8 Å². The van der Waals surface area contributed by atoms with E-state index < -0.39 is 5.91 Å². The van der Waals surface area contributed by atoms with Crippen LogP contribution in [0.4, 0.5) is 5.13 Å². The Bertz CT molecular complexity index is 947. The number of hydrogen-bond acceptors (Lipinski definition) is 7. The molecule has 0 aliphatic heterocycles. The first-order chi connectivity index (χ1) is 13.0. The summed E-state index contributed by atoms with van der Waals surface area (Å²) in [7, 11) is 0. The van der Waals surface area contributed by atoms with Crippen LogP contribution in [0, 0.1) is 0 Å². The van der Waals surface area contributed by atoms with Crippen molar-refractivity contribution in [3.05, 3.63) is 58.0 Å². The molecule has 0 atom stereocenters. The quantitative estimate of drug-likeness (QED) is 0.422. The lowest BCUT2D eigenvalue weighted by Gasteiger charge is -2.04. The molecule has 2 aromatic heterocycles. The second-order valence-corrected chi connectivity index (χ2v) is 8.14. The Kier molecular flexibility index (Phi) is 6.73. The molecule has 0 radical (unpaired) electrons. The third kappa shape index (κ3) is 5.70. The van der Waals surface area contributed by atoms with Gasteiger partial charge in [0.2, 0.25) is 11.0 Å². The van der Waals surface area contributed by atoms with Gasteiger partial charge in [-0.3, -0.25) is 14.9 Å². The van der Waals surface area contributed by atoms with Crippen LogP contribution in [0.1, 0.15) is 16.1 Å². The minimum Gasteiger partial charge on any atom is -0.467 e.